The molecule has 2 aromatic heterocycles. The van der Waals surface area contributed by atoms with Crippen LogP contribution in [0.15, 0.2) is 65.7 Å². The van der Waals surface area contributed by atoms with Crippen molar-refractivity contribution in [2.75, 3.05) is 5.43 Å². The second-order valence-corrected chi connectivity index (χ2v) is 6.11. The topological polar surface area (TPSA) is 72.7 Å². The maximum absolute atomic E-state index is 12.4. The fraction of sp³-hybridized carbons (Fsp3) is 0.100. The van der Waals surface area contributed by atoms with E-state index in [-0.39, 0.29) is 5.56 Å². The van der Waals surface area contributed by atoms with E-state index in [1.54, 1.807) is 0 Å². The zero-order valence-electron chi connectivity index (χ0n) is 14.5. The van der Waals surface area contributed by atoms with Gasteiger partial charge in [-0.1, -0.05) is 42.0 Å². The highest BCUT2D eigenvalue weighted by atomic mass is 16.1. The van der Waals surface area contributed by atoms with Crippen LogP contribution in [0, 0.1) is 13.8 Å². The Labute approximate surface area is 150 Å². The molecule has 0 unspecified atom stereocenters. The summed E-state index contributed by atoms with van der Waals surface area (Å²) in [4.78, 5) is 25.7. The molecule has 0 aliphatic heterocycles. The number of aromatic nitrogens is 4. The van der Waals surface area contributed by atoms with Gasteiger partial charge < -0.3 is 0 Å². The molecule has 0 saturated carbocycles. The van der Waals surface area contributed by atoms with E-state index in [2.05, 4.69) is 26.4 Å². The number of hydrogen-bond acceptors (Lipinski definition) is 5. The van der Waals surface area contributed by atoms with Gasteiger partial charge in [0.25, 0.3) is 5.56 Å². The second kappa shape index (κ2) is 6.40. The molecule has 26 heavy (non-hydrogen) atoms. The standard InChI is InChI=1S/C20H17N5O/c1-13-8-9-17-16(10-13)14(2)22-20(23-17)24-25-12-21-18(11-19(25)26)15-6-4-3-5-7-15/h3-12H,1-2H3,(H,22,23,24). The predicted molar refractivity (Wildman–Crippen MR) is 102 cm³/mol. The first kappa shape index (κ1) is 16.0. The lowest BCUT2D eigenvalue weighted by Gasteiger charge is -2.10. The van der Waals surface area contributed by atoms with Crippen LogP contribution in [0.25, 0.3) is 22.2 Å². The van der Waals surface area contributed by atoms with Gasteiger partial charge in [-0.15, -0.1) is 0 Å². The van der Waals surface area contributed by atoms with Crippen molar-refractivity contribution in [1.29, 1.82) is 0 Å². The van der Waals surface area contributed by atoms with Crippen LogP contribution >= 0.6 is 0 Å². The smallest absolute Gasteiger partial charge is 0.267 e. The SMILES string of the molecule is Cc1ccc2nc(Nn3cnc(-c4ccccc4)cc3=O)nc(C)c2c1. The van der Waals surface area contributed by atoms with Gasteiger partial charge >= 0.3 is 0 Å². The maximum atomic E-state index is 12.4. The van der Waals surface area contributed by atoms with E-state index in [0.717, 1.165) is 27.7 Å². The summed E-state index contributed by atoms with van der Waals surface area (Å²) in [5, 5.41) is 1.00. The highest BCUT2D eigenvalue weighted by molar-refractivity contribution is 5.82. The Hall–Kier alpha value is -3.54. The first-order valence-corrected chi connectivity index (χ1v) is 8.26. The van der Waals surface area contributed by atoms with E-state index in [9.17, 15) is 4.79 Å². The predicted octanol–water partition coefficient (Wildman–Crippen LogP) is 3.35. The number of rotatable bonds is 3. The Morgan fingerprint density at radius 1 is 0.962 bits per heavy atom. The molecule has 0 fully saturated rings. The van der Waals surface area contributed by atoms with E-state index in [0.29, 0.717) is 11.6 Å². The van der Waals surface area contributed by atoms with Crippen molar-refractivity contribution in [2.24, 2.45) is 0 Å². The third kappa shape index (κ3) is 3.04. The first-order valence-electron chi connectivity index (χ1n) is 8.26. The summed E-state index contributed by atoms with van der Waals surface area (Å²) >= 11 is 0. The van der Waals surface area contributed by atoms with Crippen molar-refractivity contribution >= 4 is 16.9 Å². The number of aryl methyl sites for hydroxylation is 2. The lowest BCUT2D eigenvalue weighted by molar-refractivity contribution is 0.840. The fourth-order valence-corrected chi connectivity index (χ4v) is 2.80. The third-order valence-corrected chi connectivity index (χ3v) is 4.14. The third-order valence-electron chi connectivity index (χ3n) is 4.14. The summed E-state index contributed by atoms with van der Waals surface area (Å²) in [6, 6.07) is 17.1. The van der Waals surface area contributed by atoms with Crippen LogP contribution in [-0.2, 0) is 0 Å². The summed E-state index contributed by atoms with van der Waals surface area (Å²) in [5.41, 5.74) is 7.03. The normalized spacial score (nSPS) is 10.8. The lowest BCUT2D eigenvalue weighted by atomic mass is 10.1. The van der Waals surface area contributed by atoms with Crippen molar-refractivity contribution in [2.45, 2.75) is 13.8 Å². The van der Waals surface area contributed by atoms with Gasteiger partial charge in [-0.2, -0.15) is 0 Å². The summed E-state index contributed by atoms with van der Waals surface area (Å²) in [5.74, 6) is 0.357. The molecule has 128 valence electrons. The molecule has 4 aromatic rings. The second-order valence-electron chi connectivity index (χ2n) is 6.11. The van der Waals surface area contributed by atoms with Crippen LogP contribution in [0.5, 0.6) is 0 Å². The molecule has 0 bridgehead atoms. The summed E-state index contributed by atoms with van der Waals surface area (Å²) in [7, 11) is 0. The van der Waals surface area contributed by atoms with Gasteiger partial charge in [-0.25, -0.2) is 19.6 Å². The molecular weight excluding hydrogens is 326 g/mol. The monoisotopic (exact) mass is 343 g/mol. The van der Waals surface area contributed by atoms with Crippen molar-refractivity contribution in [3.63, 3.8) is 0 Å². The lowest BCUT2D eigenvalue weighted by Crippen LogP contribution is -2.27. The van der Waals surface area contributed by atoms with Gasteiger partial charge in [-0.3, -0.25) is 10.2 Å². The summed E-state index contributed by atoms with van der Waals surface area (Å²) in [6.45, 7) is 3.96. The van der Waals surface area contributed by atoms with E-state index < -0.39 is 0 Å². The maximum Gasteiger partial charge on any atom is 0.272 e. The van der Waals surface area contributed by atoms with Gasteiger partial charge in [-0.05, 0) is 26.0 Å². The van der Waals surface area contributed by atoms with E-state index in [1.165, 1.54) is 17.1 Å². The van der Waals surface area contributed by atoms with Crippen molar-refractivity contribution < 1.29 is 0 Å². The van der Waals surface area contributed by atoms with Crippen LogP contribution in [0.4, 0.5) is 5.95 Å². The van der Waals surface area contributed by atoms with E-state index in [1.807, 2.05) is 56.3 Å². The Bertz CT molecular complexity index is 1150. The van der Waals surface area contributed by atoms with Gasteiger partial charge in [0.2, 0.25) is 5.95 Å². The molecule has 4 rings (SSSR count). The average molecular weight is 343 g/mol. The minimum atomic E-state index is -0.232. The molecule has 0 saturated heterocycles. The van der Waals surface area contributed by atoms with Gasteiger partial charge in [0.15, 0.2) is 0 Å². The van der Waals surface area contributed by atoms with Gasteiger partial charge in [0, 0.05) is 17.0 Å². The highest BCUT2D eigenvalue weighted by Crippen LogP contribution is 2.18. The van der Waals surface area contributed by atoms with E-state index >= 15 is 0 Å². The molecule has 0 amide bonds. The summed E-state index contributed by atoms with van der Waals surface area (Å²) < 4.78 is 1.28. The summed E-state index contributed by atoms with van der Waals surface area (Å²) in [6.07, 6.45) is 1.45. The minimum Gasteiger partial charge on any atom is -0.267 e. The van der Waals surface area contributed by atoms with Crippen LogP contribution in [0.1, 0.15) is 11.3 Å². The quantitative estimate of drug-likeness (QED) is 0.617. The van der Waals surface area contributed by atoms with Crippen LogP contribution < -0.4 is 11.0 Å². The molecule has 2 heterocycles. The molecular formula is C20H17N5O. The molecule has 2 aromatic carbocycles. The molecule has 0 aliphatic rings. The van der Waals surface area contributed by atoms with Crippen molar-refractivity contribution in [3.05, 3.63) is 82.5 Å². The Kier molecular flexibility index (Phi) is 3.93. The molecule has 0 atom stereocenters. The van der Waals surface area contributed by atoms with E-state index in [4.69, 9.17) is 0 Å². The number of nitrogens with zero attached hydrogens (tertiary/aromatic N) is 4. The number of nitrogens with one attached hydrogen (secondary N) is 1. The minimum absolute atomic E-state index is 0.232. The average Bonchev–Trinajstić information content (AvgIpc) is 2.65. The van der Waals surface area contributed by atoms with Crippen LogP contribution in [0.2, 0.25) is 0 Å². The van der Waals surface area contributed by atoms with Crippen LogP contribution in [-0.4, -0.2) is 19.6 Å². The van der Waals surface area contributed by atoms with Crippen LogP contribution in [0.3, 0.4) is 0 Å². The molecule has 0 radical (unpaired) electrons. The molecule has 6 heteroatoms. The Morgan fingerprint density at radius 3 is 2.54 bits per heavy atom. The molecule has 6 nitrogen and oxygen atoms in total. The fourth-order valence-electron chi connectivity index (χ4n) is 2.80. The number of hydrogen-bond donors (Lipinski definition) is 1. The molecule has 0 spiro atoms. The molecule has 1 N–H and O–H groups in total. The Balaban J connectivity index is 1.68. The zero-order chi connectivity index (χ0) is 18.1. The number of anilines is 1. The van der Waals surface area contributed by atoms with Crippen molar-refractivity contribution in [3.8, 4) is 11.3 Å². The molecule has 0 aliphatic carbocycles. The largest absolute Gasteiger partial charge is 0.272 e. The van der Waals surface area contributed by atoms with Gasteiger partial charge in [0.05, 0.1) is 16.9 Å². The Morgan fingerprint density at radius 2 is 1.77 bits per heavy atom. The van der Waals surface area contributed by atoms with Gasteiger partial charge in [0.1, 0.15) is 6.33 Å². The number of benzene rings is 2. The number of fused-ring (bicyclic) bond motifs is 1. The first-order chi connectivity index (χ1) is 12.6. The highest BCUT2D eigenvalue weighted by Gasteiger charge is 2.07. The zero-order valence-corrected chi connectivity index (χ0v) is 14.5. The van der Waals surface area contributed by atoms with Crippen molar-refractivity contribution in [1.82, 2.24) is 19.6 Å².